The lowest BCUT2D eigenvalue weighted by atomic mass is 9.83. The number of aromatic nitrogens is 3. The Kier molecular flexibility index (Phi) is 4.64. The van der Waals surface area contributed by atoms with Crippen molar-refractivity contribution >= 4 is 16.8 Å². The van der Waals surface area contributed by atoms with E-state index in [4.69, 9.17) is 0 Å². The molecule has 1 aromatic carbocycles. The molecule has 31 heavy (non-hydrogen) atoms. The number of carbonyl (C=O) groups excluding carboxylic acids is 1. The standard InChI is InChI=1S/C23H24N4O4/c1-2-18(27-21(29)16-6-3-4-7-17(16)24-23(27)31)22(30)25-11-14-10-15(13-25)19-8-5-9-20(28)26(19)12-14/h3-9,14-15,18H,2,10-13H2,1H3,(H,24,31). The number of H-pyrrole nitrogens is 1. The zero-order valence-electron chi connectivity index (χ0n) is 17.3. The fourth-order valence-electron chi connectivity index (χ4n) is 5.21. The van der Waals surface area contributed by atoms with Gasteiger partial charge in [0.15, 0.2) is 0 Å². The Morgan fingerprint density at radius 2 is 1.87 bits per heavy atom. The van der Waals surface area contributed by atoms with Crippen LogP contribution in [0, 0.1) is 5.92 Å². The molecule has 1 saturated heterocycles. The molecule has 0 aliphatic carbocycles. The summed E-state index contributed by atoms with van der Waals surface area (Å²) in [6.45, 7) is 3.40. The molecule has 3 unspecified atom stereocenters. The van der Waals surface area contributed by atoms with Crippen molar-refractivity contribution in [3.63, 3.8) is 0 Å². The van der Waals surface area contributed by atoms with E-state index in [2.05, 4.69) is 4.98 Å². The smallest absolute Gasteiger partial charge is 0.329 e. The third-order valence-corrected chi connectivity index (χ3v) is 6.61. The van der Waals surface area contributed by atoms with Crippen molar-refractivity contribution in [2.24, 2.45) is 5.92 Å². The molecule has 2 aliphatic heterocycles. The summed E-state index contributed by atoms with van der Waals surface area (Å²) in [6, 6.07) is 11.2. The highest BCUT2D eigenvalue weighted by molar-refractivity contribution is 5.82. The van der Waals surface area contributed by atoms with Crippen LogP contribution in [-0.2, 0) is 11.3 Å². The molecule has 160 valence electrons. The van der Waals surface area contributed by atoms with Crippen LogP contribution in [0.2, 0.25) is 0 Å². The molecule has 1 amide bonds. The third kappa shape index (κ3) is 3.13. The molecule has 8 nitrogen and oxygen atoms in total. The van der Waals surface area contributed by atoms with Gasteiger partial charge in [-0.3, -0.25) is 14.4 Å². The maximum absolute atomic E-state index is 13.5. The van der Waals surface area contributed by atoms with E-state index >= 15 is 0 Å². The van der Waals surface area contributed by atoms with E-state index in [9.17, 15) is 19.2 Å². The number of hydrogen-bond donors (Lipinski definition) is 1. The molecule has 5 rings (SSSR count). The van der Waals surface area contributed by atoms with Crippen LogP contribution in [0.4, 0.5) is 0 Å². The van der Waals surface area contributed by atoms with Gasteiger partial charge in [-0.05, 0) is 37.0 Å². The van der Waals surface area contributed by atoms with Gasteiger partial charge in [-0.15, -0.1) is 0 Å². The summed E-state index contributed by atoms with van der Waals surface area (Å²) in [7, 11) is 0. The van der Waals surface area contributed by atoms with Crippen LogP contribution < -0.4 is 16.8 Å². The molecule has 4 heterocycles. The van der Waals surface area contributed by atoms with Crippen molar-refractivity contribution in [3.8, 4) is 0 Å². The van der Waals surface area contributed by atoms with Gasteiger partial charge in [0.05, 0.1) is 10.9 Å². The topological polar surface area (TPSA) is 97.2 Å². The Morgan fingerprint density at radius 1 is 1.06 bits per heavy atom. The summed E-state index contributed by atoms with van der Waals surface area (Å²) in [4.78, 5) is 56.1. The Morgan fingerprint density at radius 3 is 2.68 bits per heavy atom. The lowest BCUT2D eigenvalue weighted by molar-refractivity contribution is -0.137. The van der Waals surface area contributed by atoms with Gasteiger partial charge in [-0.1, -0.05) is 25.1 Å². The van der Waals surface area contributed by atoms with Gasteiger partial charge in [0.1, 0.15) is 6.04 Å². The first-order chi connectivity index (χ1) is 15.0. The number of likely N-dealkylation sites (tertiary alicyclic amines) is 1. The van der Waals surface area contributed by atoms with E-state index < -0.39 is 17.3 Å². The van der Waals surface area contributed by atoms with E-state index in [0.29, 0.717) is 37.0 Å². The minimum Gasteiger partial charge on any atom is -0.340 e. The molecule has 8 heteroatoms. The highest BCUT2D eigenvalue weighted by Crippen LogP contribution is 2.35. The van der Waals surface area contributed by atoms with Crippen LogP contribution in [0.15, 0.2) is 56.8 Å². The van der Waals surface area contributed by atoms with Gasteiger partial charge in [0.25, 0.3) is 11.1 Å². The van der Waals surface area contributed by atoms with Crippen LogP contribution in [0.3, 0.4) is 0 Å². The minimum absolute atomic E-state index is 0.00680. The number of nitrogens with one attached hydrogen (secondary N) is 1. The van der Waals surface area contributed by atoms with Crippen molar-refractivity contribution in [2.45, 2.75) is 38.3 Å². The fraction of sp³-hybridized carbons (Fsp3) is 0.391. The molecule has 3 aromatic rings. The van der Waals surface area contributed by atoms with Gasteiger partial charge in [0, 0.05) is 37.3 Å². The third-order valence-electron chi connectivity index (χ3n) is 6.61. The zero-order chi connectivity index (χ0) is 21.7. The Balaban J connectivity index is 1.51. The molecule has 0 spiro atoms. The van der Waals surface area contributed by atoms with Crippen LogP contribution in [0.5, 0.6) is 0 Å². The van der Waals surface area contributed by atoms with E-state index in [1.165, 1.54) is 0 Å². The predicted molar refractivity (Wildman–Crippen MR) is 116 cm³/mol. The molecule has 3 atom stereocenters. The Hall–Kier alpha value is -3.42. The van der Waals surface area contributed by atoms with Gasteiger partial charge in [0.2, 0.25) is 5.91 Å². The number of nitrogens with zero attached hydrogens (tertiary/aromatic N) is 3. The quantitative estimate of drug-likeness (QED) is 0.694. The molecule has 0 saturated carbocycles. The summed E-state index contributed by atoms with van der Waals surface area (Å²) in [5, 5.41) is 0.386. The second-order valence-electron chi connectivity index (χ2n) is 8.52. The second kappa shape index (κ2) is 7.37. The van der Waals surface area contributed by atoms with Crippen LogP contribution in [0.25, 0.3) is 10.9 Å². The van der Waals surface area contributed by atoms with Gasteiger partial charge >= 0.3 is 5.69 Å². The van der Waals surface area contributed by atoms with E-state index in [0.717, 1.165) is 16.7 Å². The van der Waals surface area contributed by atoms with Gasteiger partial charge < -0.3 is 14.5 Å². The first kappa shape index (κ1) is 19.5. The van der Waals surface area contributed by atoms with Crippen LogP contribution in [0.1, 0.15) is 37.4 Å². The molecular weight excluding hydrogens is 396 g/mol. The average molecular weight is 420 g/mol. The zero-order valence-corrected chi connectivity index (χ0v) is 17.3. The molecule has 2 aliphatic rings. The number of carbonyl (C=O) groups is 1. The summed E-state index contributed by atoms with van der Waals surface area (Å²) < 4.78 is 2.88. The number of pyridine rings is 1. The summed E-state index contributed by atoms with van der Waals surface area (Å²) in [6.07, 6.45) is 1.27. The molecule has 1 N–H and O–H groups in total. The molecular formula is C23H24N4O4. The number of aromatic amines is 1. The normalized spacial score (nSPS) is 21.0. The van der Waals surface area contributed by atoms with Crippen molar-refractivity contribution < 1.29 is 4.79 Å². The number of rotatable bonds is 3. The summed E-state index contributed by atoms with van der Waals surface area (Å²) in [5.74, 6) is 0.0423. The Labute approximate surface area is 177 Å². The maximum atomic E-state index is 13.5. The molecule has 2 bridgehead atoms. The van der Waals surface area contributed by atoms with Crippen LogP contribution >= 0.6 is 0 Å². The number of fused-ring (bicyclic) bond motifs is 5. The van der Waals surface area contributed by atoms with E-state index in [-0.39, 0.29) is 23.3 Å². The predicted octanol–water partition coefficient (Wildman–Crippen LogP) is 1.45. The molecule has 2 aromatic heterocycles. The number of hydrogen-bond acceptors (Lipinski definition) is 4. The van der Waals surface area contributed by atoms with Gasteiger partial charge in [-0.2, -0.15) is 0 Å². The average Bonchev–Trinajstić information content (AvgIpc) is 2.77. The molecule has 0 radical (unpaired) electrons. The van der Waals surface area contributed by atoms with E-state index in [1.54, 1.807) is 41.3 Å². The Bertz CT molecular complexity index is 1350. The highest BCUT2D eigenvalue weighted by atomic mass is 16.2. The second-order valence-corrected chi connectivity index (χ2v) is 8.52. The summed E-state index contributed by atoms with van der Waals surface area (Å²) >= 11 is 0. The maximum Gasteiger partial charge on any atom is 0.329 e. The minimum atomic E-state index is -0.863. The van der Waals surface area contributed by atoms with Gasteiger partial charge in [-0.25, -0.2) is 9.36 Å². The lowest BCUT2D eigenvalue weighted by Gasteiger charge is -2.43. The largest absolute Gasteiger partial charge is 0.340 e. The van der Waals surface area contributed by atoms with Crippen LogP contribution in [-0.4, -0.2) is 38.0 Å². The fourth-order valence-corrected chi connectivity index (χ4v) is 5.21. The van der Waals surface area contributed by atoms with Crippen molar-refractivity contribution in [1.29, 1.82) is 0 Å². The molecule has 1 fully saturated rings. The summed E-state index contributed by atoms with van der Waals surface area (Å²) in [5.41, 5.74) is 0.389. The first-order valence-corrected chi connectivity index (χ1v) is 10.7. The lowest BCUT2D eigenvalue weighted by Crippen LogP contribution is -2.52. The monoisotopic (exact) mass is 420 g/mol. The number of para-hydroxylation sites is 1. The highest BCUT2D eigenvalue weighted by Gasteiger charge is 2.38. The van der Waals surface area contributed by atoms with Crippen molar-refractivity contribution in [3.05, 3.63) is 79.4 Å². The van der Waals surface area contributed by atoms with E-state index in [1.807, 2.05) is 17.6 Å². The first-order valence-electron chi connectivity index (χ1n) is 10.7. The number of amides is 1. The van der Waals surface area contributed by atoms with Crippen molar-refractivity contribution in [1.82, 2.24) is 19.0 Å². The van der Waals surface area contributed by atoms with Crippen molar-refractivity contribution in [2.75, 3.05) is 13.1 Å². The SMILES string of the molecule is CCC(C(=O)N1CC2CC(C1)c1cccc(=O)n1C2)n1c(=O)[nH]c2ccccc2c1=O. The number of piperidine rings is 1. The number of benzene rings is 1.